The molecule has 0 bridgehead atoms. The third-order valence-electron chi connectivity index (χ3n) is 2.42. The van der Waals surface area contributed by atoms with Crippen LogP contribution in [0.3, 0.4) is 0 Å². The van der Waals surface area contributed by atoms with Crippen LogP contribution in [0.1, 0.15) is 16.5 Å². The number of rotatable bonds is 3. The van der Waals surface area contributed by atoms with Gasteiger partial charge in [0.15, 0.2) is 0 Å². The number of methoxy groups -OCH3 is 1. The van der Waals surface area contributed by atoms with Gasteiger partial charge < -0.3 is 15.6 Å². The van der Waals surface area contributed by atoms with E-state index >= 15 is 0 Å². The Balaban J connectivity index is 2.34. The van der Waals surface area contributed by atoms with Crippen molar-refractivity contribution < 1.29 is 9.84 Å². The summed E-state index contributed by atoms with van der Waals surface area (Å²) in [5.41, 5.74) is 6.77. The normalized spacial score (nSPS) is 12.4. The first-order valence-electron chi connectivity index (χ1n) is 4.88. The molecule has 1 atom stereocenters. The zero-order valence-corrected chi connectivity index (χ0v) is 9.70. The predicted octanol–water partition coefficient (Wildman–Crippen LogP) is 2.51. The molecule has 16 heavy (non-hydrogen) atoms. The fourth-order valence-electron chi connectivity index (χ4n) is 1.53. The molecule has 3 N–H and O–H groups in total. The molecular weight excluding hydrogens is 222 g/mol. The minimum absolute atomic E-state index is 0.167. The monoisotopic (exact) mass is 235 g/mol. The van der Waals surface area contributed by atoms with Gasteiger partial charge in [0, 0.05) is 16.5 Å². The van der Waals surface area contributed by atoms with E-state index in [1.54, 1.807) is 36.6 Å². The molecule has 0 aliphatic rings. The molecule has 0 spiro atoms. The van der Waals surface area contributed by atoms with Gasteiger partial charge in [-0.05, 0) is 23.6 Å². The molecule has 0 saturated heterocycles. The number of ether oxygens (including phenoxy) is 1. The molecule has 0 aliphatic heterocycles. The highest BCUT2D eigenvalue weighted by atomic mass is 32.1. The molecule has 1 heterocycles. The first-order chi connectivity index (χ1) is 7.72. The van der Waals surface area contributed by atoms with Crippen molar-refractivity contribution in [3.63, 3.8) is 0 Å². The Hall–Kier alpha value is -1.52. The van der Waals surface area contributed by atoms with E-state index in [4.69, 9.17) is 10.5 Å². The molecule has 3 nitrogen and oxygen atoms in total. The number of hydrogen-bond acceptors (Lipinski definition) is 4. The summed E-state index contributed by atoms with van der Waals surface area (Å²) in [6.45, 7) is 0. The molecular formula is C12H13NO2S. The molecule has 2 rings (SSSR count). The lowest BCUT2D eigenvalue weighted by atomic mass is 10.0. The van der Waals surface area contributed by atoms with Gasteiger partial charge in [-0.25, -0.2) is 0 Å². The molecule has 1 aromatic carbocycles. The van der Waals surface area contributed by atoms with Crippen molar-refractivity contribution in [3.8, 4) is 11.5 Å². The van der Waals surface area contributed by atoms with E-state index in [9.17, 15) is 5.11 Å². The molecule has 0 aliphatic carbocycles. The molecule has 0 saturated carbocycles. The lowest BCUT2D eigenvalue weighted by Gasteiger charge is -2.12. The number of aromatic hydroxyl groups is 1. The van der Waals surface area contributed by atoms with Gasteiger partial charge in [0.2, 0.25) is 0 Å². The van der Waals surface area contributed by atoms with Gasteiger partial charge in [-0.1, -0.05) is 6.07 Å². The maximum atomic E-state index is 9.84. The van der Waals surface area contributed by atoms with Gasteiger partial charge in [0.05, 0.1) is 13.2 Å². The first kappa shape index (κ1) is 11.0. The third-order valence-corrected chi connectivity index (χ3v) is 3.38. The van der Waals surface area contributed by atoms with Crippen molar-refractivity contribution in [2.24, 2.45) is 5.73 Å². The summed E-state index contributed by atoms with van der Waals surface area (Å²) in [5, 5.41) is 11.8. The average molecular weight is 235 g/mol. The van der Waals surface area contributed by atoms with Crippen molar-refractivity contribution in [1.29, 1.82) is 0 Å². The molecule has 84 valence electrons. The largest absolute Gasteiger partial charge is 0.507 e. The molecule has 0 unspecified atom stereocenters. The van der Waals surface area contributed by atoms with Gasteiger partial charge in [-0.15, -0.1) is 11.3 Å². The second kappa shape index (κ2) is 4.55. The smallest absolute Gasteiger partial charge is 0.124 e. The van der Waals surface area contributed by atoms with E-state index in [1.165, 1.54) is 0 Å². The lowest BCUT2D eigenvalue weighted by molar-refractivity contribution is 0.406. The van der Waals surface area contributed by atoms with Gasteiger partial charge >= 0.3 is 0 Å². The van der Waals surface area contributed by atoms with Crippen molar-refractivity contribution >= 4 is 11.3 Å². The minimum Gasteiger partial charge on any atom is -0.507 e. The van der Waals surface area contributed by atoms with Crippen LogP contribution in [0.15, 0.2) is 35.7 Å². The minimum atomic E-state index is -0.286. The molecule has 1 aromatic heterocycles. The summed E-state index contributed by atoms with van der Waals surface area (Å²) in [5.74, 6) is 0.792. The van der Waals surface area contributed by atoms with E-state index in [0.29, 0.717) is 11.3 Å². The summed E-state index contributed by atoms with van der Waals surface area (Å²) < 4.78 is 5.02. The van der Waals surface area contributed by atoms with Crippen LogP contribution in [0.4, 0.5) is 0 Å². The predicted molar refractivity (Wildman–Crippen MR) is 65.0 cm³/mol. The Morgan fingerprint density at radius 1 is 1.38 bits per heavy atom. The third kappa shape index (κ3) is 2.03. The van der Waals surface area contributed by atoms with Gasteiger partial charge in [-0.3, -0.25) is 0 Å². The highest BCUT2D eigenvalue weighted by Crippen LogP contribution is 2.32. The maximum absolute atomic E-state index is 9.84. The SMILES string of the molecule is COc1ccc([C@@H](N)c2cccs2)c(O)c1. The van der Waals surface area contributed by atoms with E-state index in [1.807, 2.05) is 17.5 Å². The van der Waals surface area contributed by atoms with Crippen LogP contribution in [0.5, 0.6) is 11.5 Å². The lowest BCUT2D eigenvalue weighted by Crippen LogP contribution is -2.10. The molecule has 0 fully saturated rings. The van der Waals surface area contributed by atoms with Crippen molar-refractivity contribution in [3.05, 3.63) is 46.2 Å². The van der Waals surface area contributed by atoms with Gasteiger partial charge in [0.25, 0.3) is 0 Å². The Kier molecular flexibility index (Phi) is 3.12. The Morgan fingerprint density at radius 3 is 2.75 bits per heavy atom. The summed E-state index contributed by atoms with van der Waals surface area (Å²) in [6, 6.07) is 8.77. The number of nitrogens with two attached hydrogens (primary N) is 1. The Labute approximate surface area is 98.1 Å². The average Bonchev–Trinajstić information content (AvgIpc) is 2.81. The number of hydrogen-bond donors (Lipinski definition) is 2. The van der Waals surface area contributed by atoms with Gasteiger partial charge in [-0.2, -0.15) is 0 Å². The van der Waals surface area contributed by atoms with Crippen LogP contribution in [0.25, 0.3) is 0 Å². The fraction of sp³-hybridized carbons (Fsp3) is 0.167. The number of benzene rings is 1. The van der Waals surface area contributed by atoms with Crippen LogP contribution in [0, 0.1) is 0 Å². The van der Waals surface area contributed by atoms with Gasteiger partial charge in [0.1, 0.15) is 11.5 Å². The zero-order chi connectivity index (χ0) is 11.5. The van der Waals surface area contributed by atoms with E-state index in [-0.39, 0.29) is 11.8 Å². The zero-order valence-electron chi connectivity index (χ0n) is 8.88. The second-order valence-corrected chi connectivity index (χ2v) is 4.40. The summed E-state index contributed by atoms with van der Waals surface area (Å²) in [7, 11) is 1.56. The van der Waals surface area contributed by atoms with E-state index in [2.05, 4.69) is 0 Å². The van der Waals surface area contributed by atoms with E-state index < -0.39 is 0 Å². The Bertz CT molecular complexity index is 468. The fourth-order valence-corrected chi connectivity index (χ4v) is 2.28. The highest BCUT2D eigenvalue weighted by Gasteiger charge is 2.14. The van der Waals surface area contributed by atoms with E-state index in [0.717, 1.165) is 4.88 Å². The summed E-state index contributed by atoms with van der Waals surface area (Å²) in [6.07, 6.45) is 0. The number of phenolic OH excluding ortho intramolecular Hbond substituents is 1. The summed E-state index contributed by atoms with van der Waals surface area (Å²) >= 11 is 1.58. The van der Waals surface area contributed by atoms with Crippen LogP contribution in [-0.2, 0) is 0 Å². The van der Waals surface area contributed by atoms with Crippen LogP contribution < -0.4 is 10.5 Å². The van der Waals surface area contributed by atoms with Crippen LogP contribution in [0.2, 0.25) is 0 Å². The van der Waals surface area contributed by atoms with Crippen molar-refractivity contribution in [2.45, 2.75) is 6.04 Å². The number of thiophene rings is 1. The second-order valence-electron chi connectivity index (χ2n) is 3.42. The summed E-state index contributed by atoms with van der Waals surface area (Å²) in [4.78, 5) is 1.03. The first-order valence-corrected chi connectivity index (χ1v) is 5.76. The highest BCUT2D eigenvalue weighted by molar-refractivity contribution is 7.10. The topological polar surface area (TPSA) is 55.5 Å². The molecule has 2 aromatic rings. The standard InChI is InChI=1S/C12H13NO2S/c1-15-8-4-5-9(10(14)7-8)12(13)11-3-2-6-16-11/h2-7,12,14H,13H2,1H3/t12-/m1/s1. The van der Waals surface area contributed by atoms with Crippen molar-refractivity contribution in [1.82, 2.24) is 0 Å². The van der Waals surface area contributed by atoms with Crippen LogP contribution in [-0.4, -0.2) is 12.2 Å². The quantitative estimate of drug-likeness (QED) is 0.859. The number of phenols is 1. The van der Waals surface area contributed by atoms with Crippen molar-refractivity contribution in [2.75, 3.05) is 7.11 Å². The molecule has 0 amide bonds. The molecule has 0 radical (unpaired) electrons. The van der Waals surface area contributed by atoms with Crippen LogP contribution >= 0.6 is 11.3 Å². The molecule has 4 heteroatoms. The Morgan fingerprint density at radius 2 is 2.19 bits per heavy atom. The maximum Gasteiger partial charge on any atom is 0.124 e.